The normalized spacial score (nSPS) is 12.5. The highest BCUT2D eigenvalue weighted by Gasteiger charge is 2.30. The summed E-state index contributed by atoms with van der Waals surface area (Å²) in [5.74, 6) is 0.123. The highest BCUT2D eigenvalue weighted by Crippen LogP contribution is 2.28. The molecule has 0 spiro atoms. The molecular weight excluding hydrogens is 326 g/mol. The Morgan fingerprint density at radius 2 is 1.77 bits per heavy atom. The topological polar surface area (TPSA) is 52.7 Å². The molecule has 5 heteroatoms. The van der Waals surface area contributed by atoms with Crippen LogP contribution < -0.4 is 10.2 Å². The van der Waals surface area contributed by atoms with E-state index in [9.17, 15) is 9.59 Å². The lowest BCUT2D eigenvalue weighted by Gasteiger charge is -2.35. The van der Waals surface area contributed by atoms with Gasteiger partial charge in [-0.2, -0.15) is 0 Å². The first-order valence-electron chi connectivity index (χ1n) is 9.42. The Morgan fingerprint density at radius 3 is 2.23 bits per heavy atom. The molecular formula is C21H35N3O2. The number of carbonyl (C=O) groups is 2. The second kappa shape index (κ2) is 9.06. The van der Waals surface area contributed by atoms with Gasteiger partial charge in [0.25, 0.3) is 0 Å². The summed E-state index contributed by atoms with van der Waals surface area (Å²) in [6.45, 7) is 12.4. The maximum atomic E-state index is 13.0. The van der Waals surface area contributed by atoms with Crippen LogP contribution in [0, 0.1) is 5.41 Å². The van der Waals surface area contributed by atoms with Gasteiger partial charge in [0.15, 0.2) is 0 Å². The smallest absolute Gasteiger partial charge is 0.228 e. The first-order valence-corrected chi connectivity index (χ1v) is 9.42. The lowest BCUT2D eigenvalue weighted by molar-refractivity contribution is -0.142. The van der Waals surface area contributed by atoms with Gasteiger partial charge in [-0.25, -0.2) is 0 Å². The van der Waals surface area contributed by atoms with Crippen LogP contribution in [0.1, 0.15) is 59.9 Å². The van der Waals surface area contributed by atoms with Crippen molar-refractivity contribution in [2.75, 3.05) is 24.3 Å². The number of nitrogens with zero attached hydrogens (tertiary/aromatic N) is 2. The van der Waals surface area contributed by atoms with E-state index in [4.69, 9.17) is 0 Å². The van der Waals surface area contributed by atoms with Crippen molar-refractivity contribution in [3.8, 4) is 0 Å². The molecule has 26 heavy (non-hydrogen) atoms. The Kier molecular flexibility index (Phi) is 7.67. The van der Waals surface area contributed by atoms with Crippen molar-refractivity contribution in [2.24, 2.45) is 5.41 Å². The predicted molar refractivity (Wildman–Crippen MR) is 109 cm³/mol. The second-order valence-corrected chi connectivity index (χ2v) is 8.08. The molecule has 0 fully saturated rings. The van der Waals surface area contributed by atoms with E-state index in [1.807, 2.05) is 69.8 Å². The van der Waals surface area contributed by atoms with Gasteiger partial charge >= 0.3 is 0 Å². The summed E-state index contributed by atoms with van der Waals surface area (Å²) < 4.78 is 0. The highest BCUT2D eigenvalue weighted by atomic mass is 16.2. The van der Waals surface area contributed by atoms with Crippen molar-refractivity contribution in [2.45, 2.75) is 67.0 Å². The molecule has 146 valence electrons. The zero-order valence-corrected chi connectivity index (χ0v) is 17.6. The quantitative estimate of drug-likeness (QED) is 0.789. The van der Waals surface area contributed by atoms with Gasteiger partial charge in [-0.3, -0.25) is 9.59 Å². The summed E-state index contributed by atoms with van der Waals surface area (Å²) in [5, 5.41) is 2.91. The number of anilines is 2. The summed E-state index contributed by atoms with van der Waals surface area (Å²) in [6, 6.07) is 6.03. The van der Waals surface area contributed by atoms with Crippen LogP contribution in [0.2, 0.25) is 0 Å². The number of rotatable bonds is 7. The van der Waals surface area contributed by atoms with Crippen molar-refractivity contribution in [1.82, 2.24) is 4.90 Å². The van der Waals surface area contributed by atoms with Crippen molar-refractivity contribution in [1.29, 1.82) is 0 Å². The molecule has 1 N–H and O–H groups in total. The van der Waals surface area contributed by atoms with Gasteiger partial charge in [0, 0.05) is 49.9 Å². The molecule has 1 aromatic rings. The van der Waals surface area contributed by atoms with Crippen LogP contribution in [0.3, 0.4) is 0 Å². The summed E-state index contributed by atoms with van der Waals surface area (Å²) >= 11 is 0. The highest BCUT2D eigenvalue weighted by molar-refractivity contribution is 5.91. The lowest BCUT2D eigenvalue weighted by Crippen LogP contribution is -2.44. The summed E-state index contributed by atoms with van der Waals surface area (Å²) in [6.07, 6.45) is 1.33. The summed E-state index contributed by atoms with van der Waals surface area (Å²) in [5.41, 5.74) is 2.41. The van der Waals surface area contributed by atoms with E-state index in [1.54, 1.807) is 0 Å². The molecule has 0 heterocycles. The van der Waals surface area contributed by atoms with Crippen molar-refractivity contribution in [3.05, 3.63) is 23.8 Å². The fraction of sp³-hybridized carbons (Fsp3) is 0.619. The minimum absolute atomic E-state index is 0.0156. The average Bonchev–Trinajstić information content (AvgIpc) is 2.57. The molecule has 2 amide bonds. The molecule has 5 nitrogen and oxygen atoms in total. The Morgan fingerprint density at radius 1 is 1.15 bits per heavy atom. The van der Waals surface area contributed by atoms with Gasteiger partial charge in [-0.05, 0) is 37.1 Å². The third-order valence-electron chi connectivity index (χ3n) is 4.53. The molecule has 0 aromatic heterocycles. The molecule has 0 bridgehead atoms. The molecule has 1 aromatic carbocycles. The number of hydrogen-bond acceptors (Lipinski definition) is 3. The minimum atomic E-state index is -0.435. The standard InChI is InChI=1S/C21H35N3O2/c1-9-15(3)24(20(26)21(4,5)6)14-16-13-17(22-19(25)10-2)11-12-18(16)23(7)8/h11-13,15H,9-10,14H2,1-8H3,(H,22,25)/t15-/m0/s1. The number of benzene rings is 1. The number of amides is 2. The maximum absolute atomic E-state index is 13.0. The van der Waals surface area contributed by atoms with Gasteiger partial charge in [-0.15, -0.1) is 0 Å². The van der Waals surface area contributed by atoms with Crippen molar-refractivity contribution >= 4 is 23.2 Å². The Hall–Kier alpha value is -2.04. The van der Waals surface area contributed by atoms with Gasteiger partial charge < -0.3 is 15.1 Å². The van der Waals surface area contributed by atoms with Crippen molar-refractivity contribution in [3.63, 3.8) is 0 Å². The van der Waals surface area contributed by atoms with E-state index in [2.05, 4.69) is 19.2 Å². The zero-order chi connectivity index (χ0) is 20.1. The fourth-order valence-corrected chi connectivity index (χ4v) is 2.74. The third-order valence-corrected chi connectivity index (χ3v) is 4.53. The van der Waals surface area contributed by atoms with Gasteiger partial charge in [-0.1, -0.05) is 34.6 Å². The summed E-state index contributed by atoms with van der Waals surface area (Å²) in [4.78, 5) is 28.7. The van der Waals surface area contributed by atoms with E-state index in [0.717, 1.165) is 23.4 Å². The van der Waals surface area contributed by atoms with Gasteiger partial charge in [0.1, 0.15) is 0 Å². The fourth-order valence-electron chi connectivity index (χ4n) is 2.74. The third kappa shape index (κ3) is 5.75. The largest absolute Gasteiger partial charge is 0.377 e. The van der Waals surface area contributed by atoms with Crippen LogP contribution >= 0.6 is 0 Å². The monoisotopic (exact) mass is 361 g/mol. The van der Waals surface area contributed by atoms with E-state index in [1.165, 1.54) is 0 Å². The Bertz CT molecular complexity index is 633. The van der Waals surface area contributed by atoms with Crippen LogP contribution in [0.4, 0.5) is 11.4 Å². The minimum Gasteiger partial charge on any atom is -0.377 e. The second-order valence-electron chi connectivity index (χ2n) is 8.08. The van der Waals surface area contributed by atoms with E-state index >= 15 is 0 Å². The number of carbonyl (C=O) groups excluding carboxylic acids is 2. The number of nitrogens with one attached hydrogen (secondary N) is 1. The molecule has 0 aliphatic rings. The van der Waals surface area contributed by atoms with Crippen LogP contribution in [0.15, 0.2) is 18.2 Å². The van der Waals surface area contributed by atoms with E-state index in [0.29, 0.717) is 13.0 Å². The molecule has 1 rings (SSSR count). The average molecular weight is 362 g/mol. The van der Waals surface area contributed by atoms with E-state index < -0.39 is 5.41 Å². The molecule has 0 saturated heterocycles. The SMILES string of the molecule is CCC(=O)Nc1ccc(N(C)C)c(CN(C(=O)C(C)(C)C)[C@@H](C)CC)c1. The number of hydrogen-bond donors (Lipinski definition) is 1. The Labute approximate surface area is 158 Å². The first-order chi connectivity index (χ1) is 12.0. The van der Waals surface area contributed by atoms with Crippen LogP contribution in [-0.2, 0) is 16.1 Å². The molecule has 0 saturated carbocycles. The molecule has 0 aliphatic heterocycles. The van der Waals surface area contributed by atoms with Crippen LogP contribution in [-0.4, -0.2) is 36.9 Å². The summed E-state index contributed by atoms with van der Waals surface area (Å²) in [7, 11) is 3.98. The van der Waals surface area contributed by atoms with E-state index in [-0.39, 0.29) is 17.9 Å². The maximum Gasteiger partial charge on any atom is 0.228 e. The Balaban J connectivity index is 3.28. The zero-order valence-electron chi connectivity index (χ0n) is 17.6. The molecule has 0 radical (unpaired) electrons. The van der Waals surface area contributed by atoms with Crippen LogP contribution in [0.5, 0.6) is 0 Å². The molecule has 1 atom stereocenters. The van der Waals surface area contributed by atoms with Crippen molar-refractivity contribution < 1.29 is 9.59 Å². The predicted octanol–water partition coefficient (Wildman–Crippen LogP) is 4.27. The van der Waals surface area contributed by atoms with Gasteiger partial charge in [0.2, 0.25) is 11.8 Å². The molecule has 0 unspecified atom stereocenters. The van der Waals surface area contributed by atoms with Crippen LogP contribution in [0.25, 0.3) is 0 Å². The van der Waals surface area contributed by atoms with Gasteiger partial charge in [0.05, 0.1) is 0 Å². The molecule has 0 aliphatic carbocycles. The first kappa shape index (κ1) is 22.0. The lowest BCUT2D eigenvalue weighted by atomic mass is 9.93.